The summed E-state index contributed by atoms with van der Waals surface area (Å²) in [6.45, 7) is 1.68. The van der Waals surface area contributed by atoms with Crippen LogP contribution in [0, 0.1) is 0 Å². The molecule has 0 saturated heterocycles. The molecule has 1 heterocycles. The van der Waals surface area contributed by atoms with Gasteiger partial charge in [-0.15, -0.1) is 0 Å². The number of carbonyl (C=O) groups excluding carboxylic acids is 2. The Kier molecular flexibility index (Phi) is 5.05. The summed E-state index contributed by atoms with van der Waals surface area (Å²) < 4.78 is 4.56. The van der Waals surface area contributed by atoms with Crippen molar-refractivity contribution in [2.24, 2.45) is 0 Å². The van der Waals surface area contributed by atoms with Crippen LogP contribution in [0.1, 0.15) is 23.0 Å². The zero-order valence-corrected chi connectivity index (χ0v) is 11.1. The maximum Gasteiger partial charge on any atom is 0.379 e. The number of ketones is 1. The Morgan fingerprint density at radius 2 is 2.05 bits per heavy atom. The van der Waals surface area contributed by atoms with Crippen molar-refractivity contribution < 1.29 is 14.3 Å². The van der Waals surface area contributed by atoms with Crippen molar-refractivity contribution in [1.29, 1.82) is 0 Å². The van der Waals surface area contributed by atoms with Crippen LogP contribution in [0.5, 0.6) is 0 Å². The zero-order valence-electron chi connectivity index (χ0n) is 11.1. The van der Waals surface area contributed by atoms with E-state index in [4.69, 9.17) is 0 Å². The summed E-state index contributed by atoms with van der Waals surface area (Å²) >= 11 is 0. The second-order valence-corrected chi connectivity index (χ2v) is 3.99. The molecular weight excluding hydrogens is 248 g/mol. The number of rotatable bonds is 5. The average Bonchev–Trinajstić information content (AvgIpc) is 2.36. The molecule has 0 unspecified atom stereocenters. The Labute approximate surface area is 110 Å². The number of H-pyrrole nitrogens is 1. The van der Waals surface area contributed by atoms with Crippen molar-refractivity contribution >= 4 is 17.8 Å². The van der Waals surface area contributed by atoms with Crippen molar-refractivity contribution in [3.05, 3.63) is 39.9 Å². The number of nitrogens with zero attached hydrogens (tertiary/aromatic N) is 1. The van der Waals surface area contributed by atoms with Gasteiger partial charge in [-0.2, -0.15) is 0 Å². The highest BCUT2D eigenvalue weighted by molar-refractivity contribution is 6.40. The summed E-state index contributed by atoms with van der Waals surface area (Å²) in [5.41, 5.74) is -0.293. The number of nitrogens with one attached hydrogen (secondary N) is 1. The Balaban J connectivity index is 2.98. The molecule has 0 spiro atoms. The van der Waals surface area contributed by atoms with Gasteiger partial charge in [0.2, 0.25) is 0 Å². The van der Waals surface area contributed by atoms with Crippen LogP contribution in [0.25, 0.3) is 6.08 Å². The lowest BCUT2D eigenvalue weighted by atomic mass is 10.1. The number of aromatic amines is 1. The van der Waals surface area contributed by atoms with Crippen LogP contribution in [0.2, 0.25) is 0 Å². The second kappa shape index (κ2) is 6.53. The third kappa shape index (κ3) is 4.09. The Hall–Kier alpha value is -2.37. The van der Waals surface area contributed by atoms with E-state index in [0.29, 0.717) is 5.69 Å². The van der Waals surface area contributed by atoms with E-state index in [1.54, 1.807) is 30.2 Å². The van der Waals surface area contributed by atoms with Crippen molar-refractivity contribution in [3.63, 3.8) is 0 Å². The molecule has 1 N–H and O–H groups in total. The third-order valence-corrected chi connectivity index (χ3v) is 2.19. The second-order valence-electron chi connectivity index (χ2n) is 3.99. The number of hydrogen-bond acceptors (Lipinski definition) is 5. The van der Waals surface area contributed by atoms with Crippen LogP contribution in [0.15, 0.2) is 23.1 Å². The minimum absolute atomic E-state index is 0.0894. The number of Topliss-reactive ketones (excluding diaryl/α,β-unsaturated/α-hetero) is 1. The van der Waals surface area contributed by atoms with E-state index in [0.717, 1.165) is 0 Å². The van der Waals surface area contributed by atoms with Gasteiger partial charge < -0.3 is 14.6 Å². The fraction of sp³-hybridized carbons (Fsp3) is 0.308. The molecule has 0 aliphatic carbocycles. The van der Waals surface area contributed by atoms with E-state index in [9.17, 15) is 14.4 Å². The number of esters is 1. The number of ether oxygens (including phenoxy) is 1. The van der Waals surface area contributed by atoms with Gasteiger partial charge in [0, 0.05) is 26.0 Å². The Morgan fingerprint density at radius 1 is 1.37 bits per heavy atom. The van der Waals surface area contributed by atoms with Gasteiger partial charge in [-0.1, -0.05) is 0 Å². The first kappa shape index (κ1) is 14.7. The first-order chi connectivity index (χ1) is 8.95. The van der Waals surface area contributed by atoms with Crippen molar-refractivity contribution in [1.82, 2.24) is 9.88 Å². The van der Waals surface area contributed by atoms with Crippen LogP contribution < -0.4 is 5.56 Å². The minimum atomic E-state index is -1.02. The van der Waals surface area contributed by atoms with Gasteiger partial charge in [-0.3, -0.25) is 9.59 Å². The molecule has 0 bridgehead atoms. The van der Waals surface area contributed by atoms with Crippen LogP contribution >= 0.6 is 0 Å². The summed E-state index contributed by atoms with van der Waals surface area (Å²) in [6, 6.07) is 2.86. The van der Waals surface area contributed by atoms with Gasteiger partial charge in [0.05, 0.1) is 12.2 Å². The molecule has 0 saturated carbocycles. The molecular formula is C13H16N2O4. The molecule has 0 radical (unpaired) electrons. The SMILES string of the molecule is CCOC(=O)C(=O)c1ccc(/C=C/N(C)C)[nH]c1=O. The van der Waals surface area contributed by atoms with E-state index < -0.39 is 17.3 Å². The van der Waals surface area contributed by atoms with Crippen molar-refractivity contribution in [2.45, 2.75) is 6.92 Å². The number of aromatic nitrogens is 1. The molecule has 19 heavy (non-hydrogen) atoms. The lowest BCUT2D eigenvalue weighted by Crippen LogP contribution is -2.25. The number of hydrogen-bond donors (Lipinski definition) is 1. The molecule has 0 fully saturated rings. The lowest BCUT2D eigenvalue weighted by Gasteiger charge is -2.04. The Morgan fingerprint density at radius 3 is 2.58 bits per heavy atom. The fourth-order valence-corrected chi connectivity index (χ4v) is 1.30. The van der Waals surface area contributed by atoms with E-state index in [1.807, 2.05) is 14.1 Å². The maximum atomic E-state index is 11.7. The molecule has 1 rings (SSSR count). The largest absolute Gasteiger partial charge is 0.460 e. The predicted molar refractivity (Wildman–Crippen MR) is 70.7 cm³/mol. The number of pyridine rings is 1. The van der Waals surface area contributed by atoms with Gasteiger partial charge in [0.25, 0.3) is 11.3 Å². The topological polar surface area (TPSA) is 79.5 Å². The average molecular weight is 264 g/mol. The lowest BCUT2D eigenvalue weighted by molar-refractivity contribution is -0.137. The van der Waals surface area contributed by atoms with Gasteiger partial charge in [-0.25, -0.2) is 4.79 Å². The van der Waals surface area contributed by atoms with Crippen molar-refractivity contribution in [2.75, 3.05) is 20.7 Å². The molecule has 0 aliphatic heterocycles. The highest BCUT2D eigenvalue weighted by atomic mass is 16.5. The van der Waals surface area contributed by atoms with Gasteiger partial charge >= 0.3 is 5.97 Å². The minimum Gasteiger partial charge on any atom is -0.460 e. The molecule has 0 atom stereocenters. The zero-order chi connectivity index (χ0) is 14.4. The fourth-order valence-electron chi connectivity index (χ4n) is 1.30. The molecule has 6 nitrogen and oxygen atoms in total. The van der Waals surface area contributed by atoms with Crippen LogP contribution in [0.3, 0.4) is 0 Å². The monoisotopic (exact) mass is 264 g/mol. The van der Waals surface area contributed by atoms with Gasteiger partial charge in [-0.05, 0) is 25.1 Å². The van der Waals surface area contributed by atoms with E-state index in [-0.39, 0.29) is 12.2 Å². The van der Waals surface area contributed by atoms with E-state index in [2.05, 4.69) is 9.72 Å². The quantitative estimate of drug-likeness (QED) is 0.480. The highest BCUT2D eigenvalue weighted by Crippen LogP contribution is 2.00. The molecule has 1 aromatic rings. The van der Waals surface area contributed by atoms with Crippen LogP contribution in [0.4, 0.5) is 0 Å². The third-order valence-electron chi connectivity index (χ3n) is 2.19. The summed E-state index contributed by atoms with van der Waals surface area (Å²) in [5, 5.41) is 0. The van der Waals surface area contributed by atoms with Crippen LogP contribution in [-0.4, -0.2) is 42.3 Å². The Bertz CT molecular complexity index is 558. The normalized spacial score (nSPS) is 10.5. The smallest absolute Gasteiger partial charge is 0.379 e. The first-order valence-electron chi connectivity index (χ1n) is 5.75. The predicted octanol–water partition coefficient (Wildman–Crippen LogP) is 0.653. The molecule has 0 amide bonds. The maximum absolute atomic E-state index is 11.7. The first-order valence-corrected chi connectivity index (χ1v) is 5.75. The number of carbonyl (C=O) groups is 2. The standard InChI is InChI=1S/C13H16N2O4/c1-4-19-13(18)11(16)10-6-5-9(14-12(10)17)7-8-15(2)3/h5-8H,4H2,1-3H3,(H,14,17)/b8-7+. The molecule has 102 valence electrons. The van der Waals surface area contributed by atoms with E-state index >= 15 is 0 Å². The van der Waals surface area contributed by atoms with E-state index in [1.165, 1.54) is 6.07 Å². The summed E-state index contributed by atoms with van der Waals surface area (Å²) in [4.78, 5) is 38.9. The molecule has 0 aromatic carbocycles. The molecule has 0 aliphatic rings. The molecule has 6 heteroatoms. The highest BCUT2D eigenvalue weighted by Gasteiger charge is 2.20. The van der Waals surface area contributed by atoms with Gasteiger partial charge in [0.15, 0.2) is 0 Å². The van der Waals surface area contributed by atoms with Crippen molar-refractivity contribution in [3.8, 4) is 0 Å². The summed E-state index contributed by atoms with van der Waals surface area (Å²) in [6.07, 6.45) is 3.43. The molecule has 1 aromatic heterocycles. The van der Waals surface area contributed by atoms with Gasteiger partial charge in [0.1, 0.15) is 0 Å². The van der Waals surface area contributed by atoms with Crippen LogP contribution in [-0.2, 0) is 9.53 Å². The summed E-state index contributed by atoms with van der Waals surface area (Å²) in [7, 11) is 3.68. The summed E-state index contributed by atoms with van der Waals surface area (Å²) in [5.74, 6) is -1.96.